The third-order valence-electron chi connectivity index (χ3n) is 2.67. The fourth-order valence-electron chi connectivity index (χ4n) is 1.39. The van der Waals surface area contributed by atoms with E-state index < -0.39 is 12.0 Å². The molecule has 5 nitrogen and oxygen atoms in total. The van der Waals surface area contributed by atoms with Crippen molar-refractivity contribution < 1.29 is 14.7 Å². The molecule has 1 atom stereocenters. The molecule has 100 valence electrons. The Morgan fingerprint density at radius 1 is 1.29 bits per heavy atom. The van der Waals surface area contributed by atoms with Crippen LogP contribution < -0.4 is 5.73 Å². The van der Waals surface area contributed by atoms with E-state index >= 15 is 0 Å². The Labute approximate surface area is 103 Å². The zero-order valence-corrected chi connectivity index (χ0v) is 11.4. The van der Waals surface area contributed by atoms with Gasteiger partial charge in [0.2, 0.25) is 5.91 Å². The summed E-state index contributed by atoms with van der Waals surface area (Å²) in [5.41, 5.74) is 5.57. The lowest BCUT2D eigenvalue weighted by Crippen LogP contribution is -2.52. The minimum Gasteiger partial charge on any atom is -0.481 e. The average Bonchev–Trinajstić information content (AvgIpc) is 2.13. The van der Waals surface area contributed by atoms with Gasteiger partial charge in [-0.05, 0) is 19.3 Å². The molecule has 0 spiro atoms. The Morgan fingerprint density at radius 2 is 1.76 bits per heavy atom. The van der Waals surface area contributed by atoms with E-state index in [1.807, 2.05) is 34.6 Å². The smallest absolute Gasteiger partial charge is 0.305 e. The van der Waals surface area contributed by atoms with Crippen molar-refractivity contribution in [3.63, 3.8) is 0 Å². The highest BCUT2D eigenvalue weighted by molar-refractivity contribution is 5.83. The molecule has 1 amide bonds. The summed E-state index contributed by atoms with van der Waals surface area (Å²) >= 11 is 0. The second kappa shape index (κ2) is 6.00. The maximum absolute atomic E-state index is 12.2. The Bertz CT molecular complexity index is 282. The molecular weight excluding hydrogens is 220 g/mol. The van der Waals surface area contributed by atoms with E-state index in [-0.39, 0.29) is 30.3 Å². The van der Waals surface area contributed by atoms with Gasteiger partial charge in [-0.1, -0.05) is 20.8 Å². The highest BCUT2D eigenvalue weighted by atomic mass is 16.4. The van der Waals surface area contributed by atoms with Gasteiger partial charge in [0.05, 0.1) is 12.5 Å². The SMILES string of the molecule is CC(C)N(CCC(=O)O)C(=O)C(N)C(C)(C)C. The molecule has 5 heteroatoms. The van der Waals surface area contributed by atoms with Gasteiger partial charge >= 0.3 is 5.97 Å². The quantitative estimate of drug-likeness (QED) is 0.757. The second-order valence-electron chi connectivity index (χ2n) is 5.61. The number of carboxylic acids is 1. The van der Waals surface area contributed by atoms with Crippen LogP contribution in [0.1, 0.15) is 41.0 Å². The van der Waals surface area contributed by atoms with Crippen molar-refractivity contribution in [1.82, 2.24) is 4.90 Å². The van der Waals surface area contributed by atoms with Crippen LogP contribution in [0.15, 0.2) is 0 Å². The molecule has 0 aliphatic carbocycles. The van der Waals surface area contributed by atoms with E-state index in [4.69, 9.17) is 10.8 Å². The Balaban J connectivity index is 4.71. The van der Waals surface area contributed by atoms with Crippen LogP contribution in [0.25, 0.3) is 0 Å². The zero-order valence-electron chi connectivity index (χ0n) is 11.4. The van der Waals surface area contributed by atoms with Crippen LogP contribution in [0.5, 0.6) is 0 Å². The zero-order chi connectivity index (χ0) is 13.8. The fourth-order valence-corrected chi connectivity index (χ4v) is 1.39. The molecule has 0 radical (unpaired) electrons. The number of carbonyl (C=O) groups excluding carboxylic acids is 1. The molecule has 0 saturated carbocycles. The molecule has 0 saturated heterocycles. The van der Waals surface area contributed by atoms with Crippen molar-refractivity contribution in [2.75, 3.05) is 6.54 Å². The molecule has 0 aliphatic rings. The number of aliphatic carboxylic acids is 1. The van der Waals surface area contributed by atoms with Crippen molar-refractivity contribution in [1.29, 1.82) is 0 Å². The summed E-state index contributed by atoms with van der Waals surface area (Å²) in [6.07, 6.45) is -0.0548. The van der Waals surface area contributed by atoms with Gasteiger partial charge in [0, 0.05) is 12.6 Å². The van der Waals surface area contributed by atoms with Crippen LogP contribution in [0.2, 0.25) is 0 Å². The first-order valence-electron chi connectivity index (χ1n) is 5.85. The molecule has 0 aromatic heterocycles. The number of nitrogens with zero attached hydrogens (tertiary/aromatic N) is 1. The summed E-state index contributed by atoms with van der Waals surface area (Å²) in [6, 6.07) is -0.658. The molecule has 0 rings (SSSR count). The van der Waals surface area contributed by atoms with Crippen LogP contribution in [-0.2, 0) is 9.59 Å². The molecule has 0 fully saturated rings. The van der Waals surface area contributed by atoms with E-state index in [9.17, 15) is 9.59 Å². The largest absolute Gasteiger partial charge is 0.481 e. The van der Waals surface area contributed by atoms with Gasteiger partial charge in [0.15, 0.2) is 0 Å². The maximum Gasteiger partial charge on any atom is 0.305 e. The average molecular weight is 244 g/mol. The lowest BCUT2D eigenvalue weighted by Gasteiger charge is -2.34. The molecule has 0 heterocycles. The van der Waals surface area contributed by atoms with E-state index in [2.05, 4.69) is 0 Å². The van der Waals surface area contributed by atoms with Gasteiger partial charge in [-0.3, -0.25) is 9.59 Å². The van der Waals surface area contributed by atoms with Crippen LogP contribution in [-0.4, -0.2) is 40.5 Å². The topological polar surface area (TPSA) is 83.6 Å². The Morgan fingerprint density at radius 3 is 2.06 bits per heavy atom. The third kappa shape index (κ3) is 5.17. The predicted octanol–water partition coefficient (Wildman–Crippen LogP) is 1.07. The monoisotopic (exact) mass is 244 g/mol. The van der Waals surface area contributed by atoms with Crippen molar-refractivity contribution >= 4 is 11.9 Å². The van der Waals surface area contributed by atoms with E-state index in [1.54, 1.807) is 0 Å². The third-order valence-corrected chi connectivity index (χ3v) is 2.67. The number of amides is 1. The molecule has 1 unspecified atom stereocenters. The number of rotatable bonds is 5. The maximum atomic E-state index is 12.2. The molecule has 3 N–H and O–H groups in total. The summed E-state index contributed by atoms with van der Waals surface area (Å²) in [7, 11) is 0. The molecule has 0 aromatic carbocycles. The van der Waals surface area contributed by atoms with Gasteiger partial charge in [-0.2, -0.15) is 0 Å². The summed E-state index contributed by atoms with van der Waals surface area (Å²) in [6.45, 7) is 9.60. The highest BCUT2D eigenvalue weighted by Gasteiger charge is 2.32. The Hall–Kier alpha value is -1.10. The van der Waals surface area contributed by atoms with Crippen molar-refractivity contribution in [2.24, 2.45) is 11.1 Å². The molecule has 0 aromatic rings. The molecule has 0 bridgehead atoms. The lowest BCUT2D eigenvalue weighted by molar-refractivity contribution is -0.140. The fraction of sp³-hybridized carbons (Fsp3) is 0.833. The second-order valence-corrected chi connectivity index (χ2v) is 5.61. The molecular formula is C12H24N2O3. The Kier molecular flexibility index (Phi) is 5.61. The van der Waals surface area contributed by atoms with Gasteiger partial charge in [-0.15, -0.1) is 0 Å². The first kappa shape index (κ1) is 15.9. The van der Waals surface area contributed by atoms with Crippen molar-refractivity contribution in [3.8, 4) is 0 Å². The predicted molar refractivity (Wildman–Crippen MR) is 66.5 cm³/mol. The van der Waals surface area contributed by atoms with Crippen LogP contribution in [0.3, 0.4) is 0 Å². The highest BCUT2D eigenvalue weighted by Crippen LogP contribution is 2.20. The van der Waals surface area contributed by atoms with Crippen molar-refractivity contribution in [3.05, 3.63) is 0 Å². The summed E-state index contributed by atoms with van der Waals surface area (Å²) in [5.74, 6) is -1.10. The van der Waals surface area contributed by atoms with Crippen LogP contribution >= 0.6 is 0 Å². The number of carbonyl (C=O) groups is 2. The molecule has 0 aliphatic heterocycles. The van der Waals surface area contributed by atoms with E-state index in [0.717, 1.165) is 0 Å². The van der Waals surface area contributed by atoms with Crippen LogP contribution in [0, 0.1) is 5.41 Å². The number of nitrogens with two attached hydrogens (primary N) is 1. The standard InChI is InChI=1S/C12H24N2O3/c1-8(2)14(7-6-9(15)16)11(17)10(13)12(3,4)5/h8,10H,6-7,13H2,1-5H3,(H,15,16). The number of hydrogen-bond acceptors (Lipinski definition) is 3. The minimum atomic E-state index is -0.909. The van der Waals surface area contributed by atoms with Gasteiger partial charge in [0.1, 0.15) is 0 Å². The van der Waals surface area contributed by atoms with Gasteiger partial charge < -0.3 is 15.7 Å². The van der Waals surface area contributed by atoms with E-state index in [1.165, 1.54) is 4.90 Å². The van der Waals surface area contributed by atoms with Gasteiger partial charge in [0.25, 0.3) is 0 Å². The van der Waals surface area contributed by atoms with E-state index in [0.29, 0.717) is 0 Å². The molecule has 17 heavy (non-hydrogen) atoms. The number of hydrogen-bond donors (Lipinski definition) is 2. The first-order valence-corrected chi connectivity index (χ1v) is 5.85. The lowest BCUT2D eigenvalue weighted by atomic mass is 9.86. The normalized spacial score (nSPS) is 13.6. The first-order chi connectivity index (χ1) is 7.57. The van der Waals surface area contributed by atoms with Crippen LogP contribution in [0.4, 0.5) is 0 Å². The summed E-state index contributed by atoms with van der Waals surface area (Å²) < 4.78 is 0. The number of carboxylic acid groups (broad SMARTS) is 1. The minimum absolute atomic E-state index is 0.0461. The van der Waals surface area contributed by atoms with Crippen molar-refractivity contribution in [2.45, 2.75) is 53.1 Å². The van der Waals surface area contributed by atoms with Gasteiger partial charge in [-0.25, -0.2) is 0 Å². The summed E-state index contributed by atoms with van der Waals surface area (Å²) in [4.78, 5) is 24.2. The summed E-state index contributed by atoms with van der Waals surface area (Å²) in [5, 5.41) is 8.66.